The molecule has 0 aliphatic carbocycles. The van der Waals surface area contributed by atoms with Crippen molar-refractivity contribution < 1.29 is 13.9 Å². The maximum atomic E-state index is 14.1. The number of benzene rings is 1. The third-order valence-corrected chi connectivity index (χ3v) is 4.46. The van der Waals surface area contributed by atoms with E-state index in [1.807, 2.05) is 20.8 Å². The normalized spacial score (nSPS) is 17.4. The van der Waals surface area contributed by atoms with Gasteiger partial charge in [-0.05, 0) is 26.8 Å². The molecule has 23 heavy (non-hydrogen) atoms. The van der Waals surface area contributed by atoms with Crippen LogP contribution in [0.5, 0.6) is 0 Å². The van der Waals surface area contributed by atoms with Crippen molar-refractivity contribution in [1.29, 1.82) is 0 Å². The highest BCUT2D eigenvalue weighted by Gasteiger charge is 2.44. The highest BCUT2D eigenvalue weighted by Crippen LogP contribution is 2.33. The number of hydrogen-bond donors (Lipinski definition) is 2. The van der Waals surface area contributed by atoms with Crippen LogP contribution < -0.4 is 5.32 Å². The van der Waals surface area contributed by atoms with Crippen LogP contribution in [-0.2, 0) is 15.1 Å². The van der Waals surface area contributed by atoms with Crippen LogP contribution in [0.4, 0.5) is 4.39 Å². The van der Waals surface area contributed by atoms with Gasteiger partial charge in [0, 0.05) is 16.8 Å². The average Bonchev–Trinajstić information content (AvgIpc) is 2.82. The molecule has 0 saturated carbocycles. The summed E-state index contributed by atoms with van der Waals surface area (Å²) in [7, 11) is 0. The van der Waals surface area contributed by atoms with Crippen LogP contribution in [0.25, 0.3) is 0 Å². The zero-order chi connectivity index (χ0) is 16.6. The van der Waals surface area contributed by atoms with Crippen molar-refractivity contribution in [2.45, 2.75) is 32.2 Å². The molecule has 3 rings (SSSR count). The summed E-state index contributed by atoms with van der Waals surface area (Å²) in [6, 6.07) is 6.49. The number of H-pyrrole nitrogens is 1. The molecular weight excluding hydrogens is 297 g/mol. The molecule has 6 heteroatoms. The zero-order valence-corrected chi connectivity index (χ0v) is 13.4. The van der Waals surface area contributed by atoms with Gasteiger partial charge >= 0.3 is 0 Å². The molecule has 1 aromatic heterocycles. The molecule has 0 spiro atoms. The van der Waals surface area contributed by atoms with E-state index in [4.69, 9.17) is 4.74 Å². The molecule has 1 amide bonds. The van der Waals surface area contributed by atoms with Gasteiger partial charge in [-0.15, -0.1) is 0 Å². The van der Waals surface area contributed by atoms with Gasteiger partial charge in [-0.2, -0.15) is 5.10 Å². The Morgan fingerprint density at radius 3 is 2.61 bits per heavy atom. The maximum Gasteiger partial charge on any atom is 0.228 e. The molecule has 1 aromatic carbocycles. The first-order valence-corrected chi connectivity index (χ1v) is 7.61. The number of aromatic nitrogens is 2. The molecule has 2 N–H and O–H groups in total. The van der Waals surface area contributed by atoms with E-state index >= 15 is 0 Å². The molecule has 2 heterocycles. The summed E-state index contributed by atoms with van der Waals surface area (Å²) in [5.74, 6) is -0.874. The summed E-state index contributed by atoms with van der Waals surface area (Å²) in [6.45, 7) is 6.13. The van der Waals surface area contributed by atoms with Crippen LogP contribution in [-0.4, -0.2) is 29.3 Å². The molecule has 1 aliphatic rings. The molecule has 1 aliphatic heterocycles. The predicted octanol–water partition coefficient (Wildman–Crippen LogP) is 2.31. The highest BCUT2D eigenvalue weighted by atomic mass is 19.1. The second-order valence-electron chi connectivity index (χ2n) is 6.11. The Morgan fingerprint density at radius 1 is 1.39 bits per heavy atom. The molecule has 122 valence electrons. The molecular formula is C17H20FN3O2. The van der Waals surface area contributed by atoms with Gasteiger partial charge in [-0.3, -0.25) is 9.89 Å². The minimum Gasteiger partial charge on any atom is -0.376 e. The van der Waals surface area contributed by atoms with E-state index in [0.717, 1.165) is 17.0 Å². The van der Waals surface area contributed by atoms with Crippen molar-refractivity contribution in [3.63, 3.8) is 0 Å². The third-order valence-electron chi connectivity index (χ3n) is 4.46. The Kier molecular flexibility index (Phi) is 3.93. The second-order valence-corrected chi connectivity index (χ2v) is 6.11. The number of aromatic amines is 1. The number of amides is 1. The number of rotatable bonds is 4. The van der Waals surface area contributed by atoms with Crippen molar-refractivity contribution in [2.75, 3.05) is 13.2 Å². The summed E-state index contributed by atoms with van der Waals surface area (Å²) in [4.78, 5) is 12.7. The van der Waals surface area contributed by atoms with E-state index in [9.17, 15) is 9.18 Å². The number of carbonyl (C=O) groups is 1. The van der Waals surface area contributed by atoms with Gasteiger partial charge < -0.3 is 10.1 Å². The molecule has 2 aromatic rings. The molecule has 1 unspecified atom stereocenters. The van der Waals surface area contributed by atoms with Crippen LogP contribution in [0.2, 0.25) is 0 Å². The quantitative estimate of drug-likeness (QED) is 0.909. The first kappa shape index (κ1) is 15.7. The van der Waals surface area contributed by atoms with Gasteiger partial charge in [0.15, 0.2) is 0 Å². The van der Waals surface area contributed by atoms with Gasteiger partial charge in [0.1, 0.15) is 11.4 Å². The minimum absolute atomic E-state index is 0.163. The van der Waals surface area contributed by atoms with E-state index in [0.29, 0.717) is 5.56 Å². The van der Waals surface area contributed by atoms with Crippen molar-refractivity contribution in [2.24, 2.45) is 0 Å². The summed E-state index contributed by atoms with van der Waals surface area (Å²) < 4.78 is 19.4. The number of ether oxygens (including phenoxy) is 1. The van der Waals surface area contributed by atoms with Gasteiger partial charge in [0.05, 0.1) is 24.8 Å². The van der Waals surface area contributed by atoms with E-state index in [1.165, 1.54) is 6.07 Å². The van der Waals surface area contributed by atoms with Crippen LogP contribution in [0.15, 0.2) is 24.3 Å². The lowest BCUT2D eigenvalue weighted by Crippen LogP contribution is -2.60. The number of carbonyl (C=O) groups excluding carboxylic acids is 1. The molecule has 5 nitrogen and oxygen atoms in total. The van der Waals surface area contributed by atoms with Crippen molar-refractivity contribution in [3.8, 4) is 0 Å². The summed E-state index contributed by atoms with van der Waals surface area (Å²) in [5.41, 5.74) is 2.23. The maximum absolute atomic E-state index is 14.1. The third kappa shape index (κ3) is 2.63. The Labute approximate surface area is 134 Å². The Morgan fingerprint density at radius 2 is 2.09 bits per heavy atom. The number of hydrogen-bond acceptors (Lipinski definition) is 3. The fourth-order valence-electron chi connectivity index (χ4n) is 3.12. The molecule has 1 atom stereocenters. The predicted molar refractivity (Wildman–Crippen MR) is 83.5 cm³/mol. The highest BCUT2D eigenvalue weighted by molar-refractivity contribution is 5.84. The average molecular weight is 317 g/mol. The largest absolute Gasteiger partial charge is 0.376 e. The van der Waals surface area contributed by atoms with Gasteiger partial charge in [0.25, 0.3) is 0 Å². The van der Waals surface area contributed by atoms with Gasteiger partial charge in [0.2, 0.25) is 5.91 Å². The van der Waals surface area contributed by atoms with Crippen molar-refractivity contribution >= 4 is 5.91 Å². The Hall–Kier alpha value is -2.21. The van der Waals surface area contributed by atoms with Crippen molar-refractivity contribution in [1.82, 2.24) is 15.5 Å². The second kappa shape index (κ2) is 5.77. The summed E-state index contributed by atoms with van der Waals surface area (Å²) in [6.07, 6.45) is 0. The van der Waals surface area contributed by atoms with Gasteiger partial charge in [-0.1, -0.05) is 18.2 Å². The number of nitrogens with zero attached hydrogens (tertiary/aromatic N) is 1. The lowest BCUT2D eigenvalue weighted by molar-refractivity contribution is -0.135. The lowest BCUT2D eigenvalue weighted by Gasteiger charge is -2.43. The summed E-state index contributed by atoms with van der Waals surface area (Å²) >= 11 is 0. The fourth-order valence-corrected chi connectivity index (χ4v) is 3.12. The van der Waals surface area contributed by atoms with Gasteiger partial charge in [-0.25, -0.2) is 4.39 Å². The van der Waals surface area contributed by atoms with E-state index in [1.54, 1.807) is 18.2 Å². The topological polar surface area (TPSA) is 67.0 Å². The number of aryl methyl sites for hydroxylation is 2. The Balaban J connectivity index is 1.85. The van der Waals surface area contributed by atoms with Crippen LogP contribution in [0.1, 0.15) is 35.4 Å². The molecule has 0 bridgehead atoms. The van der Waals surface area contributed by atoms with Crippen LogP contribution in [0, 0.1) is 19.7 Å². The number of nitrogens with one attached hydrogen (secondary N) is 2. The smallest absolute Gasteiger partial charge is 0.228 e. The standard InChI is InChI=1S/C17H20FN3O2/c1-10(15-11(2)20-21-12(15)3)16(22)19-17(8-23-9-17)13-6-4-5-7-14(13)18/h4-7,10H,8-9H2,1-3H3,(H,19,22)(H,20,21). The number of halogens is 1. The minimum atomic E-state index is -0.789. The SMILES string of the molecule is Cc1n[nH]c(C)c1C(C)C(=O)NC1(c2ccccc2F)COC1. The van der Waals surface area contributed by atoms with Crippen LogP contribution in [0.3, 0.4) is 0 Å². The molecule has 0 radical (unpaired) electrons. The molecule has 1 fully saturated rings. The first-order valence-electron chi connectivity index (χ1n) is 7.61. The van der Waals surface area contributed by atoms with E-state index < -0.39 is 5.54 Å². The Bertz CT molecular complexity index is 718. The van der Waals surface area contributed by atoms with Crippen LogP contribution >= 0.6 is 0 Å². The fraction of sp³-hybridized carbons (Fsp3) is 0.412. The first-order chi connectivity index (χ1) is 10.9. The van der Waals surface area contributed by atoms with Crippen molar-refractivity contribution in [3.05, 3.63) is 52.6 Å². The summed E-state index contributed by atoms with van der Waals surface area (Å²) in [5, 5.41) is 10.0. The lowest BCUT2D eigenvalue weighted by atomic mass is 9.86. The van der Waals surface area contributed by atoms with E-state index in [-0.39, 0.29) is 30.9 Å². The van der Waals surface area contributed by atoms with E-state index in [2.05, 4.69) is 15.5 Å². The molecule has 1 saturated heterocycles. The zero-order valence-electron chi connectivity index (χ0n) is 13.4. The monoisotopic (exact) mass is 317 g/mol.